The van der Waals surface area contributed by atoms with E-state index in [-0.39, 0.29) is 36.6 Å². The Bertz CT molecular complexity index is 791. The molecule has 27 heavy (non-hydrogen) atoms. The molecule has 1 aliphatic rings. The van der Waals surface area contributed by atoms with E-state index in [0.29, 0.717) is 13.1 Å². The van der Waals surface area contributed by atoms with Crippen molar-refractivity contribution < 1.29 is 18.3 Å². The van der Waals surface area contributed by atoms with E-state index in [1.807, 2.05) is 29.2 Å². The number of benzene rings is 2. The number of hydrogen-bond donors (Lipinski definition) is 2. The van der Waals surface area contributed by atoms with E-state index in [2.05, 4.69) is 10.6 Å². The number of piperazine rings is 1. The minimum Gasteiger partial charge on any atom is -0.496 e. The molecule has 0 spiro atoms. The van der Waals surface area contributed by atoms with Crippen molar-refractivity contribution in [1.82, 2.24) is 10.2 Å². The van der Waals surface area contributed by atoms with Gasteiger partial charge in [0.2, 0.25) is 5.91 Å². The predicted octanol–water partition coefficient (Wildman–Crippen LogP) is 2.98. The second kappa shape index (κ2) is 9.64. The normalized spacial score (nSPS) is 17.1. The Morgan fingerprint density at radius 3 is 2.78 bits per heavy atom. The van der Waals surface area contributed by atoms with Gasteiger partial charge in [0, 0.05) is 37.0 Å². The number of ether oxygens (including phenoxy) is 1. The topological polar surface area (TPSA) is 53.6 Å². The first kappa shape index (κ1) is 21.1. The van der Waals surface area contributed by atoms with Crippen LogP contribution in [0.5, 0.6) is 5.75 Å². The molecule has 0 saturated carbocycles. The summed E-state index contributed by atoms with van der Waals surface area (Å²) < 4.78 is 31.7. The van der Waals surface area contributed by atoms with Gasteiger partial charge in [-0.2, -0.15) is 0 Å². The van der Waals surface area contributed by atoms with Gasteiger partial charge in [-0.1, -0.05) is 18.2 Å². The molecule has 2 N–H and O–H groups in total. The van der Waals surface area contributed by atoms with Gasteiger partial charge in [-0.25, -0.2) is 8.78 Å². The summed E-state index contributed by atoms with van der Waals surface area (Å²) in [5.41, 5.74) is 1.24. The first-order chi connectivity index (χ1) is 12.6. The molecule has 1 atom stereocenters. The standard InChI is InChI=1S/C19H21F2N3O2.ClH/c1-26-18-5-3-2-4-14(18)17-11-22-8-9-24(17)12-19(25)23-13-6-7-15(20)16(21)10-13;/h2-7,10,17,22H,8-9,11-12H2,1H3,(H,23,25);1H. The van der Waals surface area contributed by atoms with E-state index in [1.165, 1.54) is 6.07 Å². The molecule has 0 bridgehead atoms. The number of anilines is 1. The Balaban J connectivity index is 0.00000261. The van der Waals surface area contributed by atoms with Crippen LogP contribution in [-0.2, 0) is 4.79 Å². The lowest BCUT2D eigenvalue weighted by molar-refractivity contribution is -0.118. The molecule has 0 aromatic heterocycles. The van der Waals surface area contributed by atoms with Crippen LogP contribution in [0.2, 0.25) is 0 Å². The number of amides is 1. The van der Waals surface area contributed by atoms with Gasteiger partial charge in [0.1, 0.15) is 5.75 Å². The van der Waals surface area contributed by atoms with Crippen LogP contribution >= 0.6 is 12.4 Å². The zero-order chi connectivity index (χ0) is 18.5. The van der Waals surface area contributed by atoms with E-state index in [0.717, 1.165) is 30.0 Å². The Morgan fingerprint density at radius 1 is 1.26 bits per heavy atom. The van der Waals surface area contributed by atoms with Gasteiger partial charge in [0.05, 0.1) is 19.7 Å². The summed E-state index contributed by atoms with van der Waals surface area (Å²) in [4.78, 5) is 14.4. The Labute approximate surface area is 163 Å². The van der Waals surface area contributed by atoms with Crippen molar-refractivity contribution in [3.63, 3.8) is 0 Å². The molecule has 1 aliphatic heterocycles. The highest BCUT2D eigenvalue weighted by molar-refractivity contribution is 5.92. The van der Waals surface area contributed by atoms with Crippen molar-refractivity contribution in [2.24, 2.45) is 0 Å². The van der Waals surface area contributed by atoms with Crippen molar-refractivity contribution in [3.8, 4) is 5.75 Å². The largest absolute Gasteiger partial charge is 0.496 e. The number of hydrogen-bond acceptors (Lipinski definition) is 4. The van der Waals surface area contributed by atoms with Crippen LogP contribution in [0.3, 0.4) is 0 Å². The van der Waals surface area contributed by atoms with E-state index in [4.69, 9.17) is 4.74 Å². The van der Waals surface area contributed by atoms with Gasteiger partial charge in [-0.15, -0.1) is 12.4 Å². The van der Waals surface area contributed by atoms with E-state index < -0.39 is 11.6 Å². The monoisotopic (exact) mass is 397 g/mol. The summed E-state index contributed by atoms with van der Waals surface area (Å²) in [6.45, 7) is 2.29. The lowest BCUT2D eigenvalue weighted by atomic mass is 10.0. The maximum absolute atomic E-state index is 13.3. The van der Waals surface area contributed by atoms with Gasteiger partial charge in [0.15, 0.2) is 11.6 Å². The number of halogens is 3. The molecular weight excluding hydrogens is 376 g/mol. The van der Waals surface area contributed by atoms with Crippen molar-refractivity contribution >= 4 is 24.0 Å². The number of carbonyl (C=O) groups is 1. The van der Waals surface area contributed by atoms with Crippen LogP contribution < -0.4 is 15.4 Å². The maximum Gasteiger partial charge on any atom is 0.238 e. The van der Waals surface area contributed by atoms with Crippen LogP contribution in [0.1, 0.15) is 11.6 Å². The average molecular weight is 398 g/mol. The molecule has 1 unspecified atom stereocenters. The van der Waals surface area contributed by atoms with Crippen molar-refractivity contribution in [3.05, 3.63) is 59.7 Å². The Hall–Kier alpha value is -2.22. The molecule has 8 heteroatoms. The smallest absolute Gasteiger partial charge is 0.238 e. The minimum atomic E-state index is -0.989. The molecule has 146 valence electrons. The number of para-hydroxylation sites is 1. The first-order valence-corrected chi connectivity index (χ1v) is 8.41. The maximum atomic E-state index is 13.3. The van der Waals surface area contributed by atoms with Crippen LogP contribution in [0.4, 0.5) is 14.5 Å². The first-order valence-electron chi connectivity index (χ1n) is 8.41. The fourth-order valence-corrected chi connectivity index (χ4v) is 3.14. The summed E-state index contributed by atoms with van der Waals surface area (Å²) in [5.74, 6) is -1.44. The molecule has 0 radical (unpaired) electrons. The van der Waals surface area contributed by atoms with Gasteiger partial charge >= 0.3 is 0 Å². The zero-order valence-electron chi connectivity index (χ0n) is 14.9. The third kappa shape index (κ3) is 5.15. The summed E-state index contributed by atoms with van der Waals surface area (Å²) >= 11 is 0. The third-order valence-corrected chi connectivity index (χ3v) is 4.40. The number of methoxy groups -OCH3 is 1. The van der Waals surface area contributed by atoms with Gasteiger partial charge in [-0.05, 0) is 18.2 Å². The molecule has 1 fully saturated rings. The lowest BCUT2D eigenvalue weighted by Gasteiger charge is -2.36. The quantitative estimate of drug-likeness (QED) is 0.814. The fraction of sp³-hybridized carbons (Fsp3) is 0.316. The van der Waals surface area contributed by atoms with Crippen LogP contribution in [0.25, 0.3) is 0 Å². The van der Waals surface area contributed by atoms with Crippen LogP contribution in [-0.4, -0.2) is 44.1 Å². The SMILES string of the molecule is COc1ccccc1C1CNCCN1CC(=O)Nc1ccc(F)c(F)c1.Cl. The number of carbonyl (C=O) groups excluding carboxylic acids is 1. The van der Waals surface area contributed by atoms with E-state index in [1.54, 1.807) is 7.11 Å². The molecule has 2 aromatic carbocycles. The average Bonchev–Trinajstić information content (AvgIpc) is 2.65. The number of nitrogens with zero attached hydrogens (tertiary/aromatic N) is 1. The second-order valence-corrected chi connectivity index (χ2v) is 6.11. The summed E-state index contributed by atoms with van der Waals surface area (Å²) in [6.07, 6.45) is 0. The highest BCUT2D eigenvalue weighted by atomic mass is 35.5. The minimum absolute atomic E-state index is 0. The highest BCUT2D eigenvalue weighted by Crippen LogP contribution is 2.30. The predicted molar refractivity (Wildman–Crippen MR) is 102 cm³/mol. The van der Waals surface area contributed by atoms with Gasteiger partial charge in [-0.3, -0.25) is 9.69 Å². The van der Waals surface area contributed by atoms with E-state index in [9.17, 15) is 13.6 Å². The second-order valence-electron chi connectivity index (χ2n) is 6.11. The Morgan fingerprint density at radius 2 is 2.04 bits per heavy atom. The molecule has 3 rings (SSSR count). The molecule has 5 nitrogen and oxygen atoms in total. The molecular formula is C19H22ClF2N3O2. The number of rotatable bonds is 5. The van der Waals surface area contributed by atoms with Crippen molar-refractivity contribution in [1.29, 1.82) is 0 Å². The van der Waals surface area contributed by atoms with Gasteiger partial charge < -0.3 is 15.4 Å². The summed E-state index contributed by atoms with van der Waals surface area (Å²) in [5, 5.41) is 5.95. The van der Waals surface area contributed by atoms with E-state index >= 15 is 0 Å². The summed E-state index contributed by atoms with van der Waals surface area (Å²) in [7, 11) is 1.62. The molecule has 0 aliphatic carbocycles. The third-order valence-electron chi connectivity index (χ3n) is 4.40. The van der Waals surface area contributed by atoms with Crippen molar-refractivity contribution in [2.45, 2.75) is 6.04 Å². The zero-order valence-corrected chi connectivity index (χ0v) is 15.7. The molecule has 1 amide bonds. The van der Waals surface area contributed by atoms with Gasteiger partial charge in [0.25, 0.3) is 0 Å². The molecule has 1 saturated heterocycles. The van der Waals surface area contributed by atoms with Crippen molar-refractivity contribution in [2.75, 3.05) is 38.6 Å². The highest BCUT2D eigenvalue weighted by Gasteiger charge is 2.27. The van der Waals surface area contributed by atoms with Crippen LogP contribution in [0.15, 0.2) is 42.5 Å². The fourth-order valence-electron chi connectivity index (χ4n) is 3.14. The molecule has 1 heterocycles. The molecule has 2 aromatic rings. The Kier molecular flexibility index (Phi) is 7.53. The lowest BCUT2D eigenvalue weighted by Crippen LogP contribution is -2.48. The van der Waals surface area contributed by atoms with Crippen LogP contribution in [0, 0.1) is 11.6 Å². The summed E-state index contributed by atoms with van der Waals surface area (Å²) in [6, 6.07) is 11.0. The number of nitrogens with one attached hydrogen (secondary N) is 2.